The molecule has 2 aliphatic heterocycles. The smallest absolute Gasteiger partial charge is 0.415 e. The van der Waals surface area contributed by atoms with Crippen LogP contribution in [0.3, 0.4) is 0 Å². The van der Waals surface area contributed by atoms with Gasteiger partial charge in [0.1, 0.15) is 23.4 Å². The number of carbonyl (C=O) groups excluding carboxylic acids is 3. The van der Waals surface area contributed by atoms with E-state index in [1.807, 2.05) is 0 Å². The number of urea groups is 1. The van der Waals surface area contributed by atoms with Gasteiger partial charge in [0.05, 0.1) is 18.6 Å². The predicted molar refractivity (Wildman–Crippen MR) is 122 cm³/mol. The molecule has 0 unspecified atom stereocenters. The molecule has 1 saturated carbocycles. The second-order valence-electron chi connectivity index (χ2n) is 9.60. The molecule has 184 valence electrons. The first-order valence-electron chi connectivity index (χ1n) is 11.5. The van der Waals surface area contributed by atoms with E-state index in [2.05, 4.69) is 37.5 Å². The molecule has 3 fully saturated rings. The van der Waals surface area contributed by atoms with E-state index in [0.717, 1.165) is 6.42 Å². The molecule has 0 radical (unpaired) electrons. The van der Waals surface area contributed by atoms with Gasteiger partial charge in [0, 0.05) is 12.7 Å². The fourth-order valence-corrected chi connectivity index (χ4v) is 5.13. The van der Waals surface area contributed by atoms with Crippen molar-refractivity contribution < 1.29 is 33.3 Å². The maximum absolute atomic E-state index is 12.5. The average molecular weight is 473 g/mol. The van der Waals surface area contributed by atoms with Crippen LogP contribution in [0.15, 0.2) is 42.0 Å². The molecule has 6 atom stereocenters. The summed E-state index contributed by atoms with van der Waals surface area (Å²) in [5, 5.41) is 4.18. The Morgan fingerprint density at radius 3 is 2.50 bits per heavy atom. The lowest BCUT2D eigenvalue weighted by Crippen LogP contribution is -2.56. The molecular formula is C25H32N2O7. The zero-order valence-corrected chi connectivity index (χ0v) is 20.0. The fraction of sp³-hybridized carbons (Fsp3) is 0.560. The van der Waals surface area contributed by atoms with Gasteiger partial charge in [-0.05, 0) is 52.2 Å². The second-order valence-corrected chi connectivity index (χ2v) is 9.60. The molecule has 0 bridgehead atoms. The maximum atomic E-state index is 12.5. The van der Waals surface area contributed by atoms with Gasteiger partial charge in [0.2, 0.25) is 0 Å². The van der Waals surface area contributed by atoms with E-state index in [0.29, 0.717) is 25.0 Å². The lowest BCUT2D eigenvalue weighted by atomic mass is 9.68. The largest absolute Gasteiger partial charge is 0.443 e. The Balaban J connectivity index is 1.37. The lowest BCUT2D eigenvalue weighted by Gasteiger charge is -2.42. The quantitative estimate of drug-likeness (QED) is 0.481. The summed E-state index contributed by atoms with van der Waals surface area (Å²) in [6.45, 7) is 6.78. The highest BCUT2D eigenvalue weighted by molar-refractivity contribution is 6.07. The molecule has 4 amide bonds. The number of allylic oxidation sites excluding steroid dienone is 1. The van der Waals surface area contributed by atoms with Gasteiger partial charge >= 0.3 is 12.1 Å². The van der Waals surface area contributed by atoms with Crippen molar-refractivity contribution in [2.24, 2.45) is 5.92 Å². The van der Waals surface area contributed by atoms with Gasteiger partial charge in [0.25, 0.3) is 5.91 Å². The summed E-state index contributed by atoms with van der Waals surface area (Å²) >= 11 is 0. The van der Waals surface area contributed by atoms with Crippen molar-refractivity contribution in [3.8, 4) is 0 Å². The number of ether oxygens (including phenoxy) is 4. The molecule has 1 aliphatic carbocycles. The highest BCUT2D eigenvalue weighted by Crippen LogP contribution is 2.59. The van der Waals surface area contributed by atoms with E-state index in [1.165, 1.54) is 5.57 Å². The molecule has 9 heteroatoms. The summed E-state index contributed by atoms with van der Waals surface area (Å²) in [7, 11) is 1.58. The first kappa shape index (κ1) is 24.4. The molecule has 3 aliphatic rings. The Morgan fingerprint density at radius 2 is 1.88 bits per heavy atom. The van der Waals surface area contributed by atoms with E-state index >= 15 is 0 Å². The molecule has 2 heterocycles. The van der Waals surface area contributed by atoms with Crippen LogP contribution >= 0.6 is 0 Å². The van der Waals surface area contributed by atoms with Crippen molar-refractivity contribution >= 4 is 18.0 Å². The van der Waals surface area contributed by atoms with Crippen molar-refractivity contribution in [1.82, 2.24) is 10.6 Å². The van der Waals surface area contributed by atoms with Crippen LogP contribution in [0.2, 0.25) is 0 Å². The summed E-state index contributed by atoms with van der Waals surface area (Å²) in [5.41, 5.74) is 0.728. The van der Waals surface area contributed by atoms with E-state index in [-0.39, 0.29) is 17.6 Å². The van der Waals surface area contributed by atoms with Crippen LogP contribution in [0.5, 0.6) is 0 Å². The van der Waals surface area contributed by atoms with Crippen molar-refractivity contribution in [3.05, 3.63) is 47.5 Å². The molecule has 1 spiro atoms. The van der Waals surface area contributed by atoms with Crippen LogP contribution in [0.4, 0.5) is 9.59 Å². The molecule has 4 rings (SSSR count). The number of nitrogens with one attached hydrogen (secondary N) is 2. The average Bonchev–Trinajstić information content (AvgIpc) is 3.71. The van der Waals surface area contributed by atoms with Crippen molar-refractivity contribution in [2.75, 3.05) is 13.7 Å². The Morgan fingerprint density at radius 1 is 1.18 bits per heavy atom. The number of alkyl carbamates (subject to hydrolysis) is 1. The third-order valence-electron chi connectivity index (χ3n) is 6.97. The Hall–Kier alpha value is -2.75. The topological polar surface area (TPSA) is 119 Å². The van der Waals surface area contributed by atoms with Crippen LogP contribution in [-0.4, -0.2) is 61.3 Å². The van der Waals surface area contributed by atoms with Crippen LogP contribution < -0.4 is 10.6 Å². The monoisotopic (exact) mass is 472 g/mol. The molecule has 9 nitrogen and oxygen atoms in total. The highest BCUT2D eigenvalue weighted by Gasteiger charge is 2.72. The standard InChI is InChI=1S/C25H32N2O7/c1-15(2)10-11-18-24(3,34-18)20-19(31-4)17(12-13-25(20)14-32-25)33-23(30)27-22(29)26-21(28)16-8-6-5-7-9-16/h5-10,17-20H,11-14H2,1-4H3,(H2,26,27,28,29,30)/t17-,18-,19-,20-,24+,25+/m1/s1. The molecule has 1 aromatic carbocycles. The number of carbonyl (C=O) groups is 3. The number of amides is 4. The Labute approximate surface area is 199 Å². The first-order chi connectivity index (χ1) is 16.2. The molecule has 1 aromatic rings. The number of epoxide rings is 2. The van der Waals surface area contributed by atoms with Crippen LogP contribution in [0, 0.1) is 5.92 Å². The predicted octanol–water partition coefficient (Wildman–Crippen LogP) is 3.34. The normalized spacial score (nSPS) is 33.5. The number of benzene rings is 1. The van der Waals surface area contributed by atoms with E-state index in [1.54, 1.807) is 37.4 Å². The van der Waals surface area contributed by atoms with E-state index < -0.39 is 35.8 Å². The number of rotatable bonds is 6. The van der Waals surface area contributed by atoms with Crippen molar-refractivity contribution in [1.29, 1.82) is 0 Å². The van der Waals surface area contributed by atoms with Gasteiger partial charge in [0.15, 0.2) is 0 Å². The summed E-state index contributed by atoms with van der Waals surface area (Å²) in [6.07, 6.45) is 2.21. The van der Waals surface area contributed by atoms with Crippen LogP contribution in [0.1, 0.15) is 50.4 Å². The Bertz CT molecular complexity index is 971. The summed E-state index contributed by atoms with van der Waals surface area (Å²) in [4.78, 5) is 36.7. The SMILES string of the molecule is CO[C@@H]1[C@H](OC(=O)NC(=O)NC(=O)c2ccccc2)CC[C@]2(CO2)[C@H]1[C@@]1(C)O[C@@H]1CC=C(C)C. The maximum Gasteiger partial charge on any atom is 0.415 e. The number of hydrogen-bond acceptors (Lipinski definition) is 7. The Kier molecular flexibility index (Phi) is 6.80. The van der Waals surface area contributed by atoms with Gasteiger partial charge in [-0.2, -0.15) is 0 Å². The zero-order chi connectivity index (χ0) is 24.5. The van der Waals surface area contributed by atoms with Crippen molar-refractivity contribution in [2.45, 2.75) is 69.5 Å². The lowest BCUT2D eigenvalue weighted by molar-refractivity contribution is -0.117. The molecular weight excluding hydrogens is 440 g/mol. The van der Waals surface area contributed by atoms with Gasteiger partial charge in [-0.15, -0.1) is 0 Å². The molecule has 2 N–H and O–H groups in total. The minimum absolute atomic E-state index is 0.0356. The van der Waals surface area contributed by atoms with Crippen LogP contribution in [0.25, 0.3) is 0 Å². The van der Waals surface area contributed by atoms with Gasteiger partial charge in [-0.25, -0.2) is 14.9 Å². The highest BCUT2D eigenvalue weighted by atomic mass is 16.6. The fourth-order valence-electron chi connectivity index (χ4n) is 5.13. The summed E-state index contributed by atoms with van der Waals surface area (Å²) in [5.74, 6) is -0.743. The third kappa shape index (κ3) is 5.01. The number of methoxy groups -OCH3 is 1. The van der Waals surface area contributed by atoms with E-state index in [4.69, 9.17) is 18.9 Å². The molecule has 34 heavy (non-hydrogen) atoms. The zero-order valence-electron chi connectivity index (χ0n) is 20.0. The molecule has 2 saturated heterocycles. The summed E-state index contributed by atoms with van der Waals surface area (Å²) in [6, 6.07) is 7.28. The van der Waals surface area contributed by atoms with Crippen molar-refractivity contribution in [3.63, 3.8) is 0 Å². The van der Waals surface area contributed by atoms with Gasteiger partial charge in [-0.3, -0.25) is 10.1 Å². The van der Waals surface area contributed by atoms with Gasteiger partial charge in [-0.1, -0.05) is 29.8 Å². The number of imide groups is 2. The minimum atomic E-state index is -0.957. The number of hydrogen-bond donors (Lipinski definition) is 2. The van der Waals surface area contributed by atoms with Crippen LogP contribution in [-0.2, 0) is 18.9 Å². The van der Waals surface area contributed by atoms with E-state index in [9.17, 15) is 14.4 Å². The second kappa shape index (κ2) is 9.48. The minimum Gasteiger partial charge on any atom is -0.443 e. The first-order valence-corrected chi connectivity index (χ1v) is 11.5. The molecule has 0 aromatic heterocycles. The summed E-state index contributed by atoms with van der Waals surface area (Å²) < 4.78 is 23.5. The third-order valence-corrected chi connectivity index (χ3v) is 6.97. The van der Waals surface area contributed by atoms with Gasteiger partial charge < -0.3 is 18.9 Å².